The average molecular weight is 542 g/mol. The van der Waals surface area contributed by atoms with Gasteiger partial charge in [0, 0.05) is 43.4 Å². The number of amides is 1. The van der Waals surface area contributed by atoms with Gasteiger partial charge in [0.1, 0.15) is 18.3 Å². The lowest BCUT2D eigenvalue weighted by atomic mass is 9.97. The van der Waals surface area contributed by atoms with Crippen LogP contribution in [0.3, 0.4) is 0 Å². The number of fused-ring (bicyclic) bond motifs is 2. The summed E-state index contributed by atoms with van der Waals surface area (Å²) in [6.07, 6.45) is 0.346. The third-order valence-electron chi connectivity index (χ3n) is 7.18. The van der Waals surface area contributed by atoms with E-state index in [9.17, 15) is 14.0 Å². The highest BCUT2D eigenvalue weighted by Gasteiger charge is 2.19. The minimum atomic E-state index is -0.540. The molecule has 4 aromatic rings. The predicted octanol–water partition coefficient (Wildman–Crippen LogP) is 3.96. The highest BCUT2D eigenvalue weighted by Crippen LogP contribution is 2.33. The number of ether oxygens (including phenoxy) is 2. The van der Waals surface area contributed by atoms with Gasteiger partial charge in [-0.05, 0) is 41.0 Å². The van der Waals surface area contributed by atoms with Crippen molar-refractivity contribution in [1.82, 2.24) is 20.4 Å². The third-order valence-corrected chi connectivity index (χ3v) is 7.18. The first-order valence-corrected chi connectivity index (χ1v) is 13.2. The third kappa shape index (κ3) is 5.63. The fraction of sp³-hybridized carbons (Fsp3) is 0.267. The van der Waals surface area contributed by atoms with Crippen molar-refractivity contribution in [3.05, 3.63) is 93.7 Å². The number of hydrogen-bond acceptors (Lipinski definition) is 7. The monoisotopic (exact) mass is 541 g/mol. The maximum atomic E-state index is 15.0. The number of aromatic nitrogens is 2. The van der Waals surface area contributed by atoms with Gasteiger partial charge in [0.25, 0.3) is 5.56 Å². The number of alkyl carbamates (subject to hydrolysis) is 1. The van der Waals surface area contributed by atoms with Crippen molar-refractivity contribution in [2.24, 2.45) is 4.99 Å². The average Bonchev–Trinajstić information content (AvgIpc) is 3.37. The van der Waals surface area contributed by atoms with Gasteiger partial charge < -0.3 is 9.47 Å². The van der Waals surface area contributed by atoms with Crippen LogP contribution >= 0.6 is 0 Å². The quantitative estimate of drug-likeness (QED) is 0.383. The van der Waals surface area contributed by atoms with E-state index in [0.29, 0.717) is 66.3 Å². The number of benzene rings is 3. The molecule has 1 saturated heterocycles. The van der Waals surface area contributed by atoms with Crippen LogP contribution < -0.4 is 10.9 Å². The van der Waals surface area contributed by atoms with Crippen LogP contribution in [0.1, 0.15) is 16.8 Å². The molecule has 1 amide bonds. The Balaban J connectivity index is 1.15. The van der Waals surface area contributed by atoms with Crippen molar-refractivity contribution in [2.45, 2.75) is 12.8 Å². The number of carbonyl (C=O) groups is 1. The highest BCUT2D eigenvalue weighted by molar-refractivity contribution is 6.01. The van der Waals surface area contributed by atoms with Crippen molar-refractivity contribution in [3.63, 3.8) is 0 Å². The molecular weight excluding hydrogens is 513 g/mol. The van der Waals surface area contributed by atoms with E-state index in [0.717, 1.165) is 29.6 Å². The molecule has 0 unspecified atom stereocenters. The van der Waals surface area contributed by atoms with Crippen LogP contribution in [0.15, 0.2) is 70.5 Å². The summed E-state index contributed by atoms with van der Waals surface area (Å²) in [6.45, 7) is 4.00. The van der Waals surface area contributed by atoms with Gasteiger partial charge in [-0.1, -0.05) is 36.4 Å². The van der Waals surface area contributed by atoms with Crippen LogP contribution in [0.4, 0.5) is 14.9 Å². The van der Waals surface area contributed by atoms with Gasteiger partial charge in [0.05, 0.1) is 30.0 Å². The molecule has 2 N–H and O–H groups in total. The standard InChI is InChI=1S/C30H28FN5O4/c31-25-8-5-19(16-27-22-3-1-2-4-23(22)29(37)35-34-27)15-24(25)20-6-7-21-18-28(32-26(21)17-20)33-30(38)40-14-11-36-9-12-39-13-10-36/h1-8,15,17H,9-14,16,18H2,(H,35,37)(H,32,33,38). The molecule has 40 heavy (non-hydrogen) atoms. The van der Waals surface area contributed by atoms with Crippen LogP contribution in [-0.4, -0.2) is 66.5 Å². The summed E-state index contributed by atoms with van der Waals surface area (Å²) in [5, 5.41) is 10.9. The molecule has 1 aromatic heterocycles. The summed E-state index contributed by atoms with van der Waals surface area (Å²) in [4.78, 5) is 31.2. The number of halogens is 1. The number of amidine groups is 1. The van der Waals surface area contributed by atoms with Gasteiger partial charge in [-0.2, -0.15) is 5.10 Å². The Labute approximate surface area is 229 Å². The lowest BCUT2D eigenvalue weighted by Crippen LogP contribution is -2.39. The number of hydrogen-bond donors (Lipinski definition) is 2. The van der Waals surface area contributed by atoms with Gasteiger partial charge in [0.2, 0.25) is 0 Å². The van der Waals surface area contributed by atoms with E-state index in [2.05, 4.69) is 25.4 Å². The number of rotatable bonds is 6. The van der Waals surface area contributed by atoms with Crippen LogP contribution in [0.25, 0.3) is 21.9 Å². The number of aromatic amines is 1. The smallest absolute Gasteiger partial charge is 0.412 e. The van der Waals surface area contributed by atoms with E-state index in [1.54, 1.807) is 18.2 Å². The summed E-state index contributed by atoms with van der Waals surface area (Å²) >= 11 is 0. The van der Waals surface area contributed by atoms with Crippen molar-refractivity contribution in [1.29, 1.82) is 0 Å². The largest absolute Gasteiger partial charge is 0.448 e. The maximum Gasteiger partial charge on any atom is 0.412 e. The number of carbonyl (C=O) groups excluding carboxylic acids is 1. The fourth-order valence-electron chi connectivity index (χ4n) is 5.07. The minimum Gasteiger partial charge on any atom is -0.448 e. The van der Waals surface area contributed by atoms with Gasteiger partial charge >= 0.3 is 6.09 Å². The maximum absolute atomic E-state index is 15.0. The lowest BCUT2D eigenvalue weighted by Gasteiger charge is -2.26. The number of morpholine rings is 1. The van der Waals surface area contributed by atoms with Gasteiger partial charge in [-0.25, -0.2) is 19.3 Å². The predicted molar refractivity (Wildman–Crippen MR) is 150 cm³/mol. The highest BCUT2D eigenvalue weighted by atomic mass is 19.1. The minimum absolute atomic E-state index is 0.243. The Morgan fingerprint density at radius 1 is 1.07 bits per heavy atom. The summed E-state index contributed by atoms with van der Waals surface area (Å²) in [5.41, 5.74) is 4.05. The van der Waals surface area contributed by atoms with Crippen LogP contribution in [0.2, 0.25) is 0 Å². The molecule has 3 aromatic carbocycles. The van der Waals surface area contributed by atoms with E-state index < -0.39 is 6.09 Å². The van der Waals surface area contributed by atoms with Gasteiger partial charge in [-0.15, -0.1) is 0 Å². The topological polar surface area (TPSA) is 109 Å². The molecule has 0 radical (unpaired) electrons. The van der Waals surface area contributed by atoms with E-state index >= 15 is 0 Å². The molecule has 0 saturated carbocycles. The van der Waals surface area contributed by atoms with Crippen LogP contribution in [0, 0.1) is 5.82 Å². The summed E-state index contributed by atoms with van der Waals surface area (Å²) in [6, 6.07) is 17.8. The normalized spacial score (nSPS) is 15.1. The van der Waals surface area contributed by atoms with Crippen LogP contribution in [-0.2, 0) is 22.3 Å². The second-order valence-corrected chi connectivity index (χ2v) is 9.83. The van der Waals surface area contributed by atoms with E-state index in [1.807, 2.05) is 36.4 Å². The van der Waals surface area contributed by atoms with Crippen LogP contribution in [0.5, 0.6) is 0 Å². The summed E-state index contributed by atoms with van der Waals surface area (Å²) in [5.74, 6) is 0.140. The second-order valence-electron chi connectivity index (χ2n) is 9.83. The molecule has 10 heteroatoms. The SMILES string of the molecule is O=C(NC1=Nc2cc(-c3cc(Cc4n[nH]c(=O)c5ccccc45)ccc3F)ccc2C1)OCCN1CCOCC1. The zero-order valence-corrected chi connectivity index (χ0v) is 21.8. The Morgan fingerprint density at radius 2 is 1.90 bits per heavy atom. The van der Waals surface area contributed by atoms with Crippen molar-refractivity contribution < 1.29 is 18.7 Å². The molecule has 0 aliphatic carbocycles. The zero-order valence-electron chi connectivity index (χ0n) is 21.8. The van der Waals surface area contributed by atoms with E-state index in [1.165, 1.54) is 6.07 Å². The number of nitrogens with one attached hydrogen (secondary N) is 2. The summed E-state index contributed by atoms with van der Waals surface area (Å²) < 4.78 is 25.6. The molecular formula is C30H28FN5O4. The van der Waals surface area contributed by atoms with Gasteiger partial charge in [0.15, 0.2) is 0 Å². The number of aliphatic imine (C=N–C) groups is 1. The molecule has 2 aliphatic rings. The first-order chi connectivity index (χ1) is 19.5. The van der Waals surface area contributed by atoms with E-state index in [4.69, 9.17) is 9.47 Å². The number of nitrogens with zero attached hydrogens (tertiary/aromatic N) is 3. The fourth-order valence-corrected chi connectivity index (χ4v) is 5.07. The number of H-pyrrole nitrogens is 1. The Kier molecular flexibility index (Phi) is 7.35. The Morgan fingerprint density at radius 3 is 2.75 bits per heavy atom. The molecule has 0 spiro atoms. The van der Waals surface area contributed by atoms with E-state index in [-0.39, 0.29) is 18.0 Å². The molecule has 0 atom stereocenters. The second kappa shape index (κ2) is 11.4. The molecule has 9 nitrogen and oxygen atoms in total. The van der Waals surface area contributed by atoms with Gasteiger partial charge in [-0.3, -0.25) is 15.0 Å². The Bertz CT molecular complexity index is 1660. The van der Waals surface area contributed by atoms with Crippen molar-refractivity contribution in [2.75, 3.05) is 39.5 Å². The molecule has 1 fully saturated rings. The summed E-state index contributed by atoms with van der Waals surface area (Å²) in [7, 11) is 0. The molecule has 6 rings (SSSR count). The Hall–Kier alpha value is -4.41. The lowest BCUT2D eigenvalue weighted by molar-refractivity contribution is 0.0284. The first kappa shape index (κ1) is 25.8. The zero-order chi connectivity index (χ0) is 27.5. The first-order valence-electron chi connectivity index (χ1n) is 13.2. The van der Waals surface area contributed by atoms with Crippen molar-refractivity contribution >= 4 is 28.4 Å². The van der Waals surface area contributed by atoms with Crippen molar-refractivity contribution in [3.8, 4) is 11.1 Å². The molecule has 0 bridgehead atoms. The molecule has 3 heterocycles. The molecule has 2 aliphatic heterocycles. The molecule has 204 valence electrons.